The average Bonchev–Trinajstić information content (AvgIpc) is 2.07. The van der Waals surface area contributed by atoms with E-state index in [1.54, 1.807) is 6.07 Å². The van der Waals surface area contributed by atoms with Crippen molar-refractivity contribution >= 4 is 17.0 Å². The van der Waals surface area contributed by atoms with Crippen molar-refractivity contribution in [3.63, 3.8) is 0 Å². The minimum absolute atomic E-state index is 0. The first-order chi connectivity index (χ1) is 6.09. The van der Waals surface area contributed by atoms with E-state index < -0.39 is 0 Å². The third kappa shape index (κ3) is 3.98. The SMILES string of the molecule is Br.CN(C)CCc1ccc(O)c(O)c1. The van der Waals surface area contributed by atoms with E-state index in [4.69, 9.17) is 5.11 Å². The lowest BCUT2D eigenvalue weighted by Crippen LogP contribution is -2.14. The maximum atomic E-state index is 9.20. The van der Waals surface area contributed by atoms with Gasteiger partial charge in [-0.2, -0.15) is 0 Å². The molecule has 0 unspecified atom stereocenters. The molecule has 4 heteroatoms. The fourth-order valence-corrected chi connectivity index (χ4v) is 1.08. The molecule has 0 aromatic heterocycles. The van der Waals surface area contributed by atoms with Gasteiger partial charge in [0.2, 0.25) is 0 Å². The van der Waals surface area contributed by atoms with Crippen LogP contribution in [0, 0.1) is 0 Å². The molecular weight excluding hydrogens is 246 g/mol. The van der Waals surface area contributed by atoms with Gasteiger partial charge < -0.3 is 15.1 Å². The largest absolute Gasteiger partial charge is 0.504 e. The lowest BCUT2D eigenvalue weighted by Gasteiger charge is -2.09. The second-order valence-electron chi connectivity index (χ2n) is 3.38. The summed E-state index contributed by atoms with van der Waals surface area (Å²) in [6, 6.07) is 4.93. The minimum Gasteiger partial charge on any atom is -0.504 e. The Bertz CT molecular complexity index is 289. The third-order valence-corrected chi connectivity index (χ3v) is 1.89. The standard InChI is InChI=1S/C10H15NO2.BrH/c1-11(2)6-5-8-3-4-9(12)10(13)7-8;/h3-4,7,12-13H,5-6H2,1-2H3;1H. The maximum absolute atomic E-state index is 9.20. The molecule has 1 aromatic rings. The Balaban J connectivity index is 0.00000169. The zero-order chi connectivity index (χ0) is 9.84. The number of phenolic OH excluding ortho intramolecular Hbond substituents is 2. The van der Waals surface area contributed by atoms with Gasteiger partial charge in [-0.15, -0.1) is 17.0 Å². The van der Waals surface area contributed by atoms with Crippen molar-refractivity contribution in [2.75, 3.05) is 20.6 Å². The van der Waals surface area contributed by atoms with Crippen LogP contribution in [0.4, 0.5) is 0 Å². The van der Waals surface area contributed by atoms with Crippen LogP contribution in [0.15, 0.2) is 18.2 Å². The van der Waals surface area contributed by atoms with Crippen molar-refractivity contribution in [2.45, 2.75) is 6.42 Å². The molecule has 3 nitrogen and oxygen atoms in total. The number of phenols is 2. The van der Waals surface area contributed by atoms with Crippen LogP contribution in [0.3, 0.4) is 0 Å². The number of nitrogens with zero attached hydrogens (tertiary/aromatic N) is 1. The fourth-order valence-electron chi connectivity index (χ4n) is 1.08. The van der Waals surface area contributed by atoms with Crippen molar-refractivity contribution in [3.8, 4) is 11.5 Å². The molecule has 0 atom stereocenters. The van der Waals surface area contributed by atoms with Crippen LogP contribution in [0.2, 0.25) is 0 Å². The molecule has 0 amide bonds. The van der Waals surface area contributed by atoms with Gasteiger partial charge in [-0.25, -0.2) is 0 Å². The molecule has 14 heavy (non-hydrogen) atoms. The quantitative estimate of drug-likeness (QED) is 0.816. The van der Waals surface area contributed by atoms with Gasteiger partial charge in [0, 0.05) is 6.54 Å². The highest BCUT2D eigenvalue weighted by molar-refractivity contribution is 8.93. The van der Waals surface area contributed by atoms with Gasteiger partial charge in [-0.1, -0.05) is 6.07 Å². The van der Waals surface area contributed by atoms with Gasteiger partial charge in [-0.3, -0.25) is 0 Å². The number of aromatic hydroxyl groups is 2. The number of benzene rings is 1. The van der Waals surface area contributed by atoms with Crippen LogP contribution >= 0.6 is 17.0 Å². The van der Waals surface area contributed by atoms with Crippen molar-refractivity contribution in [1.82, 2.24) is 4.90 Å². The summed E-state index contributed by atoms with van der Waals surface area (Å²) in [6.07, 6.45) is 0.876. The van der Waals surface area contributed by atoms with E-state index in [0.717, 1.165) is 18.5 Å². The predicted octanol–water partition coefficient (Wildman–Crippen LogP) is 1.78. The summed E-state index contributed by atoms with van der Waals surface area (Å²) in [4.78, 5) is 2.07. The van der Waals surface area contributed by atoms with E-state index in [0.29, 0.717) is 0 Å². The number of rotatable bonds is 3. The zero-order valence-electron chi connectivity index (χ0n) is 8.40. The first-order valence-corrected chi connectivity index (χ1v) is 4.25. The second-order valence-corrected chi connectivity index (χ2v) is 3.38. The van der Waals surface area contributed by atoms with Crippen molar-refractivity contribution in [2.24, 2.45) is 0 Å². The smallest absolute Gasteiger partial charge is 0.157 e. The molecule has 0 aliphatic rings. The maximum Gasteiger partial charge on any atom is 0.157 e. The summed E-state index contributed by atoms with van der Waals surface area (Å²) in [5, 5.41) is 18.3. The number of hydrogen-bond donors (Lipinski definition) is 2. The number of halogens is 1. The van der Waals surface area contributed by atoms with Crippen LogP contribution < -0.4 is 0 Å². The normalized spacial score (nSPS) is 9.93. The molecule has 1 rings (SSSR count). The monoisotopic (exact) mass is 261 g/mol. The summed E-state index contributed by atoms with van der Waals surface area (Å²) in [7, 11) is 4.00. The molecular formula is C10H16BrNO2. The molecule has 0 saturated heterocycles. The second kappa shape index (κ2) is 5.88. The van der Waals surface area contributed by atoms with Crippen molar-refractivity contribution in [1.29, 1.82) is 0 Å². The molecule has 0 aliphatic carbocycles. The lowest BCUT2D eigenvalue weighted by atomic mass is 10.1. The van der Waals surface area contributed by atoms with Crippen molar-refractivity contribution < 1.29 is 10.2 Å². The highest BCUT2D eigenvalue weighted by Crippen LogP contribution is 2.24. The molecule has 80 valence electrons. The van der Waals surface area contributed by atoms with Crippen LogP contribution in [0.25, 0.3) is 0 Å². The topological polar surface area (TPSA) is 43.7 Å². The predicted molar refractivity (Wildman–Crippen MR) is 62.4 cm³/mol. The van der Waals surface area contributed by atoms with Gasteiger partial charge in [0.15, 0.2) is 11.5 Å². The van der Waals surface area contributed by atoms with E-state index >= 15 is 0 Å². The molecule has 2 N–H and O–H groups in total. The Labute approximate surface area is 94.8 Å². The van der Waals surface area contributed by atoms with Gasteiger partial charge in [0.1, 0.15) is 0 Å². The number of likely N-dealkylation sites (N-methyl/N-ethyl adjacent to an activating group) is 1. The number of hydrogen-bond acceptors (Lipinski definition) is 3. The van der Waals surface area contributed by atoms with E-state index in [1.807, 2.05) is 20.2 Å². The van der Waals surface area contributed by atoms with E-state index in [2.05, 4.69) is 4.90 Å². The molecule has 0 radical (unpaired) electrons. The lowest BCUT2D eigenvalue weighted by molar-refractivity contribution is 0.399. The molecule has 0 aliphatic heterocycles. The summed E-state index contributed by atoms with van der Waals surface area (Å²) in [5.41, 5.74) is 1.03. The first-order valence-electron chi connectivity index (χ1n) is 4.25. The van der Waals surface area contributed by atoms with E-state index in [1.165, 1.54) is 6.07 Å². The molecule has 0 heterocycles. The summed E-state index contributed by atoms with van der Waals surface area (Å²) >= 11 is 0. The van der Waals surface area contributed by atoms with Gasteiger partial charge in [0.05, 0.1) is 0 Å². The molecule has 0 bridgehead atoms. The average molecular weight is 262 g/mol. The Hall–Kier alpha value is -0.740. The molecule has 0 fully saturated rings. The zero-order valence-corrected chi connectivity index (χ0v) is 10.1. The third-order valence-electron chi connectivity index (χ3n) is 1.89. The van der Waals surface area contributed by atoms with Crippen LogP contribution in [-0.2, 0) is 6.42 Å². The Morgan fingerprint density at radius 3 is 2.29 bits per heavy atom. The Morgan fingerprint density at radius 2 is 1.79 bits per heavy atom. The summed E-state index contributed by atoms with van der Waals surface area (Å²) < 4.78 is 0. The van der Waals surface area contributed by atoms with Crippen LogP contribution in [-0.4, -0.2) is 35.8 Å². The molecule has 0 saturated carbocycles. The highest BCUT2D eigenvalue weighted by atomic mass is 79.9. The van der Waals surface area contributed by atoms with Gasteiger partial charge in [-0.05, 0) is 38.2 Å². The van der Waals surface area contributed by atoms with Crippen molar-refractivity contribution in [3.05, 3.63) is 23.8 Å². The fraction of sp³-hybridized carbons (Fsp3) is 0.400. The van der Waals surface area contributed by atoms with Crippen LogP contribution in [0.5, 0.6) is 11.5 Å². The summed E-state index contributed by atoms with van der Waals surface area (Å²) in [5.74, 6) is -0.107. The highest BCUT2D eigenvalue weighted by Gasteiger charge is 2.00. The van der Waals surface area contributed by atoms with Gasteiger partial charge >= 0.3 is 0 Å². The summed E-state index contributed by atoms with van der Waals surface area (Å²) in [6.45, 7) is 0.935. The van der Waals surface area contributed by atoms with E-state index in [9.17, 15) is 5.11 Å². The Morgan fingerprint density at radius 1 is 1.14 bits per heavy atom. The minimum atomic E-state index is -0.0615. The van der Waals surface area contributed by atoms with Crippen LogP contribution in [0.1, 0.15) is 5.56 Å². The van der Waals surface area contributed by atoms with Gasteiger partial charge in [0.25, 0.3) is 0 Å². The molecule has 1 aromatic carbocycles. The Kier molecular flexibility index (Phi) is 5.57. The molecule has 0 spiro atoms. The first kappa shape index (κ1) is 13.3. The van der Waals surface area contributed by atoms with E-state index in [-0.39, 0.29) is 28.5 Å².